The molecule has 0 fully saturated rings. The van der Waals surface area contributed by atoms with Crippen LogP contribution < -0.4 is 5.32 Å². The van der Waals surface area contributed by atoms with Crippen LogP contribution in [0.25, 0.3) is 5.82 Å². The zero-order chi connectivity index (χ0) is 11.4. The molecule has 0 spiro atoms. The summed E-state index contributed by atoms with van der Waals surface area (Å²) in [5, 5.41) is 6.59. The number of pyridine rings is 1. The standard InChI is InChI=1S/C10H9N5O/c1-2-9(16)14-8-4-3-5-12-10(8)15-7-11-6-13-15/h2-7H,1H2,(H,14,16). The molecule has 16 heavy (non-hydrogen) atoms. The van der Waals surface area contributed by atoms with Crippen molar-refractivity contribution in [2.24, 2.45) is 0 Å². The lowest BCUT2D eigenvalue weighted by Crippen LogP contribution is -2.11. The van der Waals surface area contributed by atoms with Gasteiger partial charge in [-0.3, -0.25) is 4.79 Å². The number of carbonyl (C=O) groups excluding carboxylic acids is 1. The van der Waals surface area contributed by atoms with E-state index >= 15 is 0 Å². The largest absolute Gasteiger partial charge is 0.319 e. The number of carbonyl (C=O) groups is 1. The number of rotatable bonds is 3. The summed E-state index contributed by atoms with van der Waals surface area (Å²) in [6.07, 6.45) is 5.71. The Bertz CT molecular complexity index is 506. The van der Waals surface area contributed by atoms with E-state index in [9.17, 15) is 4.79 Å². The maximum absolute atomic E-state index is 11.2. The minimum absolute atomic E-state index is 0.297. The highest BCUT2D eigenvalue weighted by Gasteiger charge is 2.07. The van der Waals surface area contributed by atoms with E-state index in [1.807, 2.05) is 0 Å². The van der Waals surface area contributed by atoms with Gasteiger partial charge in [0.2, 0.25) is 5.91 Å². The van der Waals surface area contributed by atoms with Gasteiger partial charge in [0, 0.05) is 6.20 Å². The molecule has 0 bridgehead atoms. The highest BCUT2D eigenvalue weighted by molar-refractivity contribution is 5.99. The summed E-state index contributed by atoms with van der Waals surface area (Å²) in [6, 6.07) is 3.45. The van der Waals surface area contributed by atoms with E-state index in [0.717, 1.165) is 0 Å². The summed E-state index contributed by atoms with van der Waals surface area (Å²) < 4.78 is 1.47. The molecule has 2 heterocycles. The second-order valence-electron chi connectivity index (χ2n) is 2.91. The number of nitrogens with one attached hydrogen (secondary N) is 1. The lowest BCUT2D eigenvalue weighted by atomic mass is 10.3. The van der Waals surface area contributed by atoms with Crippen LogP contribution in [0.5, 0.6) is 0 Å². The number of anilines is 1. The van der Waals surface area contributed by atoms with Crippen molar-refractivity contribution < 1.29 is 4.79 Å². The lowest BCUT2D eigenvalue weighted by Gasteiger charge is -2.07. The van der Waals surface area contributed by atoms with Crippen molar-refractivity contribution in [1.82, 2.24) is 19.7 Å². The summed E-state index contributed by atoms with van der Waals surface area (Å²) in [5.74, 6) is 0.213. The Kier molecular flexibility index (Phi) is 2.73. The van der Waals surface area contributed by atoms with Crippen molar-refractivity contribution in [3.63, 3.8) is 0 Å². The highest BCUT2D eigenvalue weighted by Crippen LogP contribution is 2.15. The zero-order valence-corrected chi connectivity index (χ0v) is 8.37. The molecular formula is C10H9N5O. The molecular weight excluding hydrogens is 206 g/mol. The van der Waals surface area contributed by atoms with Crippen molar-refractivity contribution in [3.8, 4) is 5.82 Å². The van der Waals surface area contributed by atoms with Crippen LogP contribution in [-0.4, -0.2) is 25.7 Å². The van der Waals surface area contributed by atoms with Crippen LogP contribution in [0.15, 0.2) is 43.6 Å². The summed E-state index contributed by atoms with van der Waals surface area (Å²) in [7, 11) is 0. The van der Waals surface area contributed by atoms with Crippen LogP contribution in [0.3, 0.4) is 0 Å². The first kappa shape index (κ1) is 10.0. The van der Waals surface area contributed by atoms with E-state index < -0.39 is 0 Å². The number of amides is 1. The number of hydrogen-bond donors (Lipinski definition) is 1. The van der Waals surface area contributed by atoms with Crippen molar-refractivity contribution in [2.75, 3.05) is 5.32 Å². The van der Waals surface area contributed by atoms with Crippen LogP contribution in [0, 0.1) is 0 Å². The molecule has 2 rings (SSSR count). The first-order chi connectivity index (χ1) is 7.81. The van der Waals surface area contributed by atoms with Gasteiger partial charge >= 0.3 is 0 Å². The molecule has 1 amide bonds. The second kappa shape index (κ2) is 4.35. The molecule has 0 radical (unpaired) electrons. The Hall–Kier alpha value is -2.50. The average molecular weight is 215 g/mol. The molecule has 2 aromatic rings. The predicted molar refractivity (Wildman–Crippen MR) is 58.0 cm³/mol. The molecule has 0 saturated carbocycles. The van der Waals surface area contributed by atoms with Gasteiger partial charge in [-0.2, -0.15) is 5.10 Å². The van der Waals surface area contributed by atoms with Gasteiger partial charge in [0.1, 0.15) is 12.7 Å². The SMILES string of the molecule is C=CC(=O)Nc1cccnc1-n1cncn1. The Morgan fingerprint density at radius 1 is 1.56 bits per heavy atom. The fourth-order valence-electron chi connectivity index (χ4n) is 1.18. The Balaban J connectivity index is 2.38. The molecule has 6 heteroatoms. The van der Waals surface area contributed by atoms with Gasteiger partial charge in [-0.1, -0.05) is 6.58 Å². The third-order valence-electron chi connectivity index (χ3n) is 1.87. The fourth-order valence-corrected chi connectivity index (χ4v) is 1.18. The summed E-state index contributed by atoms with van der Waals surface area (Å²) >= 11 is 0. The molecule has 80 valence electrons. The number of hydrogen-bond acceptors (Lipinski definition) is 4. The summed E-state index contributed by atoms with van der Waals surface area (Å²) in [4.78, 5) is 19.1. The molecule has 0 aliphatic carbocycles. The van der Waals surface area contributed by atoms with E-state index in [-0.39, 0.29) is 5.91 Å². The quantitative estimate of drug-likeness (QED) is 0.768. The minimum Gasteiger partial charge on any atom is -0.319 e. The first-order valence-corrected chi connectivity index (χ1v) is 4.54. The molecule has 1 N–H and O–H groups in total. The summed E-state index contributed by atoms with van der Waals surface area (Å²) in [5.41, 5.74) is 0.554. The van der Waals surface area contributed by atoms with E-state index in [4.69, 9.17) is 0 Å². The van der Waals surface area contributed by atoms with Gasteiger partial charge in [-0.15, -0.1) is 0 Å². The van der Waals surface area contributed by atoms with E-state index in [1.54, 1.807) is 18.3 Å². The van der Waals surface area contributed by atoms with E-state index in [1.165, 1.54) is 23.4 Å². The zero-order valence-electron chi connectivity index (χ0n) is 8.37. The molecule has 0 atom stereocenters. The summed E-state index contributed by atoms with van der Waals surface area (Å²) in [6.45, 7) is 3.38. The maximum Gasteiger partial charge on any atom is 0.247 e. The van der Waals surface area contributed by atoms with Crippen LogP contribution >= 0.6 is 0 Å². The van der Waals surface area contributed by atoms with Crippen LogP contribution in [-0.2, 0) is 4.79 Å². The van der Waals surface area contributed by atoms with Crippen molar-refractivity contribution in [1.29, 1.82) is 0 Å². The predicted octanol–water partition coefficient (Wildman–Crippen LogP) is 0.787. The highest BCUT2D eigenvalue weighted by atomic mass is 16.1. The molecule has 0 unspecified atom stereocenters. The average Bonchev–Trinajstić information content (AvgIpc) is 2.83. The molecule has 2 aromatic heterocycles. The van der Waals surface area contributed by atoms with Gasteiger partial charge < -0.3 is 5.32 Å². The van der Waals surface area contributed by atoms with Gasteiger partial charge in [0.05, 0.1) is 5.69 Å². The second-order valence-corrected chi connectivity index (χ2v) is 2.91. The van der Waals surface area contributed by atoms with Gasteiger partial charge in [0.25, 0.3) is 0 Å². The van der Waals surface area contributed by atoms with Crippen LogP contribution in [0.4, 0.5) is 5.69 Å². The maximum atomic E-state index is 11.2. The Labute approximate surface area is 91.7 Å². The van der Waals surface area contributed by atoms with Crippen LogP contribution in [0.1, 0.15) is 0 Å². The molecule has 6 nitrogen and oxygen atoms in total. The lowest BCUT2D eigenvalue weighted by molar-refractivity contribution is -0.111. The van der Waals surface area contributed by atoms with Gasteiger partial charge in [-0.25, -0.2) is 14.6 Å². The molecule has 0 aliphatic heterocycles. The molecule has 0 aliphatic rings. The van der Waals surface area contributed by atoms with Crippen molar-refractivity contribution in [3.05, 3.63) is 43.6 Å². The third-order valence-corrected chi connectivity index (χ3v) is 1.87. The van der Waals surface area contributed by atoms with Gasteiger partial charge in [-0.05, 0) is 18.2 Å². The Morgan fingerprint density at radius 2 is 2.44 bits per heavy atom. The first-order valence-electron chi connectivity index (χ1n) is 4.54. The fraction of sp³-hybridized carbons (Fsp3) is 0. The molecule has 0 saturated heterocycles. The number of nitrogens with zero attached hydrogens (tertiary/aromatic N) is 4. The normalized spacial score (nSPS) is 9.75. The topological polar surface area (TPSA) is 72.7 Å². The monoisotopic (exact) mass is 215 g/mol. The van der Waals surface area contributed by atoms with Crippen molar-refractivity contribution >= 4 is 11.6 Å². The van der Waals surface area contributed by atoms with Crippen LogP contribution in [0.2, 0.25) is 0 Å². The smallest absolute Gasteiger partial charge is 0.247 e. The van der Waals surface area contributed by atoms with E-state index in [2.05, 4.69) is 27.0 Å². The minimum atomic E-state index is -0.297. The van der Waals surface area contributed by atoms with E-state index in [0.29, 0.717) is 11.5 Å². The third kappa shape index (κ3) is 1.95. The molecule has 0 aromatic carbocycles. The number of aromatic nitrogens is 4. The van der Waals surface area contributed by atoms with Crippen molar-refractivity contribution in [2.45, 2.75) is 0 Å². The Morgan fingerprint density at radius 3 is 3.12 bits per heavy atom. The van der Waals surface area contributed by atoms with Gasteiger partial charge in [0.15, 0.2) is 5.82 Å².